The Morgan fingerprint density at radius 2 is 1.89 bits per heavy atom. The predicted molar refractivity (Wildman–Crippen MR) is 131 cm³/mol. The number of pyridine rings is 2. The first kappa shape index (κ1) is 25.4. The second-order valence-electron chi connectivity index (χ2n) is 8.73. The third-order valence-corrected chi connectivity index (χ3v) is 5.96. The molecule has 1 amide bonds. The first-order valence-corrected chi connectivity index (χ1v) is 11.8. The van der Waals surface area contributed by atoms with E-state index in [2.05, 4.69) is 32.5 Å². The van der Waals surface area contributed by atoms with Gasteiger partial charge < -0.3 is 20.3 Å². The number of hydrogen-bond donors (Lipinski definition) is 2. The van der Waals surface area contributed by atoms with Gasteiger partial charge in [-0.25, -0.2) is 9.97 Å². The zero-order valence-corrected chi connectivity index (χ0v) is 19.9. The topological polar surface area (TPSA) is 79.4 Å². The van der Waals surface area contributed by atoms with Gasteiger partial charge in [0.2, 0.25) is 5.88 Å². The Morgan fingerprint density at radius 1 is 1.08 bits per heavy atom. The van der Waals surface area contributed by atoms with Gasteiger partial charge in [0, 0.05) is 43.8 Å². The summed E-state index contributed by atoms with van der Waals surface area (Å²) in [6.45, 7) is 2.49. The lowest BCUT2D eigenvalue weighted by Gasteiger charge is -2.28. The van der Waals surface area contributed by atoms with Gasteiger partial charge >= 0.3 is 6.18 Å². The van der Waals surface area contributed by atoms with Crippen molar-refractivity contribution in [2.24, 2.45) is 0 Å². The van der Waals surface area contributed by atoms with E-state index in [-0.39, 0.29) is 17.4 Å². The molecule has 0 bridgehead atoms. The number of nitrogens with one attached hydrogen (secondary N) is 2. The maximum Gasteiger partial charge on any atom is 0.416 e. The van der Waals surface area contributed by atoms with E-state index in [1.165, 1.54) is 12.1 Å². The van der Waals surface area contributed by atoms with Crippen molar-refractivity contribution in [3.8, 4) is 5.88 Å². The van der Waals surface area contributed by atoms with Gasteiger partial charge in [-0.1, -0.05) is 6.07 Å². The van der Waals surface area contributed by atoms with Crippen LogP contribution in [-0.4, -0.2) is 53.6 Å². The highest BCUT2D eigenvalue weighted by atomic mass is 19.4. The number of rotatable bonds is 8. The van der Waals surface area contributed by atoms with Crippen molar-refractivity contribution in [1.29, 1.82) is 0 Å². The van der Waals surface area contributed by atoms with E-state index in [9.17, 15) is 18.0 Å². The zero-order valence-electron chi connectivity index (χ0n) is 19.9. The maximum atomic E-state index is 13.0. The highest BCUT2D eigenvalue weighted by molar-refractivity contribution is 6.07. The molecule has 1 aromatic carbocycles. The van der Waals surface area contributed by atoms with Crippen LogP contribution in [0.3, 0.4) is 0 Å². The molecule has 1 aliphatic rings. The summed E-state index contributed by atoms with van der Waals surface area (Å²) in [5.74, 6) is 0.391. The summed E-state index contributed by atoms with van der Waals surface area (Å²) in [6.07, 6.45) is 1.50. The average molecular weight is 500 g/mol. The number of carbonyl (C=O) groups excluding carboxylic acids is 1. The van der Waals surface area contributed by atoms with E-state index in [1.807, 2.05) is 12.1 Å². The van der Waals surface area contributed by atoms with E-state index >= 15 is 0 Å². The minimum absolute atomic E-state index is 0.0542. The monoisotopic (exact) mass is 499 g/mol. The number of hydrogen-bond acceptors (Lipinski definition) is 6. The summed E-state index contributed by atoms with van der Waals surface area (Å²) in [7, 11) is 2.10. The smallest absolute Gasteiger partial charge is 0.416 e. The van der Waals surface area contributed by atoms with Gasteiger partial charge in [0.25, 0.3) is 5.91 Å². The fourth-order valence-corrected chi connectivity index (χ4v) is 3.97. The quantitative estimate of drug-likeness (QED) is 0.460. The van der Waals surface area contributed by atoms with Crippen LogP contribution < -0.4 is 15.4 Å². The third-order valence-electron chi connectivity index (χ3n) is 5.96. The summed E-state index contributed by atoms with van der Waals surface area (Å²) in [4.78, 5) is 23.6. The third kappa shape index (κ3) is 6.94. The first-order chi connectivity index (χ1) is 17.3. The van der Waals surface area contributed by atoms with E-state index in [0.717, 1.165) is 43.6 Å². The van der Waals surface area contributed by atoms with E-state index < -0.39 is 17.6 Å². The Hall–Kier alpha value is -3.66. The van der Waals surface area contributed by atoms with Crippen LogP contribution in [0.2, 0.25) is 0 Å². The van der Waals surface area contributed by atoms with Crippen LogP contribution in [0.1, 0.15) is 34.3 Å². The molecule has 0 radical (unpaired) electrons. The van der Waals surface area contributed by atoms with Crippen molar-refractivity contribution in [3.63, 3.8) is 0 Å². The van der Waals surface area contributed by atoms with Gasteiger partial charge in [0.05, 0.1) is 11.1 Å². The lowest BCUT2D eigenvalue weighted by Crippen LogP contribution is -2.35. The molecule has 1 aliphatic heterocycles. The van der Waals surface area contributed by atoms with Crippen LogP contribution in [0.15, 0.2) is 60.9 Å². The van der Waals surface area contributed by atoms with Crippen molar-refractivity contribution in [2.75, 3.05) is 37.3 Å². The van der Waals surface area contributed by atoms with Crippen molar-refractivity contribution < 1.29 is 22.7 Å². The number of nitrogens with zero attached hydrogens (tertiary/aromatic N) is 3. The number of ether oxygens (including phenoxy) is 1. The number of benzene rings is 1. The van der Waals surface area contributed by atoms with Gasteiger partial charge in [-0.15, -0.1) is 0 Å². The highest BCUT2D eigenvalue weighted by Crippen LogP contribution is 2.31. The number of amides is 1. The molecule has 3 heterocycles. The maximum absolute atomic E-state index is 13.0. The summed E-state index contributed by atoms with van der Waals surface area (Å²) < 4.78 is 45.0. The summed E-state index contributed by atoms with van der Waals surface area (Å²) >= 11 is 0. The van der Waals surface area contributed by atoms with E-state index in [1.54, 1.807) is 24.5 Å². The highest BCUT2D eigenvalue weighted by Gasteiger charge is 2.30. The van der Waals surface area contributed by atoms with E-state index in [4.69, 9.17) is 4.74 Å². The van der Waals surface area contributed by atoms with Crippen molar-refractivity contribution >= 4 is 17.4 Å². The van der Waals surface area contributed by atoms with Crippen molar-refractivity contribution in [2.45, 2.75) is 31.5 Å². The van der Waals surface area contributed by atoms with Gasteiger partial charge in [-0.2, -0.15) is 13.2 Å². The van der Waals surface area contributed by atoms with Crippen LogP contribution in [0.4, 0.5) is 24.7 Å². The van der Waals surface area contributed by atoms with Gasteiger partial charge in [-0.3, -0.25) is 4.79 Å². The molecule has 0 unspecified atom stereocenters. The largest absolute Gasteiger partial charge is 0.474 e. The standard InChI is InChI=1S/C26H28F3N5O2/c1-34-14-9-21(10-15-34)36-23-16-18(7-12-30-23)8-13-32-24-22(6-3-11-31-24)25(35)33-20-5-2-4-19(17-20)26(27,28)29/h2-7,11-12,16-17,21H,8-10,13-15H2,1H3,(H,31,32)(H,33,35). The Balaban J connectivity index is 1.35. The van der Waals surface area contributed by atoms with Crippen LogP contribution in [0, 0.1) is 0 Å². The molecular weight excluding hydrogens is 471 g/mol. The molecule has 0 saturated carbocycles. The fraction of sp³-hybridized carbons (Fsp3) is 0.346. The summed E-state index contributed by atoms with van der Waals surface area (Å²) in [5.41, 5.74) is 0.474. The van der Waals surface area contributed by atoms with Crippen LogP contribution >= 0.6 is 0 Å². The van der Waals surface area contributed by atoms with Gasteiger partial charge in [-0.05, 0) is 68.3 Å². The molecule has 2 aromatic heterocycles. The van der Waals surface area contributed by atoms with Crippen molar-refractivity contribution in [1.82, 2.24) is 14.9 Å². The predicted octanol–water partition coefficient (Wildman–Crippen LogP) is 4.88. The fourth-order valence-electron chi connectivity index (χ4n) is 3.97. The second-order valence-corrected chi connectivity index (χ2v) is 8.73. The molecule has 7 nitrogen and oxygen atoms in total. The number of piperidine rings is 1. The minimum atomic E-state index is -4.49. The average Bonchev–Trinajstić information content (AvgIpc) is 2.86. The summed E-state index contributed by atoms with van der Waals surface area (Å²) in [5, 5.41) is 5.67. The molecule has 1 saturated heterocycles. The Bertz CT molecular complexity index is 1180. The van der Waals surface area contributed by atoms with E-state index in [0.29, 0.717) is 24.7 Å². The molecule has 4 rings (SSSR count). The Kier molecular flexibility index (Phi) is 8.04. The number of likely N-dealkylation sites (tertiary alicyclic amines) is 1. The molecule has 1 fully saturated rings. The summed E-state index contributed by atoms with van der Waals surface area (Å²) in [6, 6.07) is 11.5. The Morgan fingerprint density at radius 3 is 2.67 bits per heavy atom. The number of alkyl halides is 3. The SMILES string of the molecule is CN1CCC(Oc2cc(CCNc3ncccc3C(=O)Nc3cccc(C(F)(F)F)c3)ccn2)CC1. The van der Waals surface area contributed by atoms with Gasteiger partial charge in [0.15, 0.2) is 0 Å². The number of halogens is 3. The van der Waals surface area contributed by atoms with Crippen LogP contribution in [0.25, 0.3) is 0 Å². The minimum Gasteiger partial charge on any atom is -0.474 e. The first-order valence-electron chi connectivity index (χ1n) is 11.8. The molecule has 0 spiro atoms. The molecular formula is C26H28F3N5O2. The molecule has 2 N–H and O–H groups in total. The Labute approximate surface area is 207 Å². The molecule has 190 valence electrons. The van der Waals surface area contributed by atoms with Crippen molar-refractivity contribution in [3.05, 3.63) is 77.6 Å². The lowest BCUT2D eigenvalue weighted by atomic mass is 10.1. The van der Waals surface area contributed by atoms with Gasteiger partial charge in [0.1, 0.15) is 11.9 Å². The molecule has 36 heavy (non-hydrogen) atoms. The molecule has 0 atom stereocenters. The normalized spacial score (nSPS) is 14.9. The van der Waals surface area contributed by atoms with Crippen LogP contribution in [-0.2, 0) is 12.6 Å². The second kappa shape index (κ2) is 11.4. The number of anilines is 2. The number of carbonyl (C=O) groups is 1. The number of aromatic nitrogens is 2. The molecule has 10 heteroatoms. The molecule has 3 aromatic rings. The lowest BCUT2D eigenvalue weighted by molar-refractivity contribution is -0.137. The van der Waals surface area contributed by atoms with Crippen LogP contribution in [0.5, 0.6) is 5.88 Å². The zero-order chi connectivity index (χ0) is 25.5. The molecule has 0 aliphatic carbocycles.